The van der Waals surface area contributed by atoms with E-state index < -0.39 is 0 Å². The number of benzene rings is 3. The zero-order valence-corrected chi connectivity index (χ0v) is 24.2. The number of methoxy groups -OCH3 is 1. The lowest BCUT2D eigenvalue weighted by atomic mass is 9.92. The van der Waals surface area contributed by atoms with Crippen LogP contribution in [0.4, 0.5) is 10.1 Å². The summed E-state index contributed by atoms with van der Waals surface area (Å²) in [5.41, 5.74) is 4.02. The molecule has 1 amide bonds. The first-order chi connectivity index (χ1) is 20.5. The summed E-state index contributed by atoms with van der Waals surface area (Å²) in [5, 5.41) is 3.89. The molecule has 0 spiro atoms. The minimum Gasteiger partial charge on any atom is -0.493 e. The highest BCUT2D eigenvalue weighted by Crippen LogP contribution is 2.51. The first-order valence-corrected chi connectivity index (χ1v) is 14.8. The van der Waals surface area contributed by atoms with Crippen LogP contribution in [-0.4, -0.2) is 54.1 Å². The topological polar surface area (TPSA) is 76.6 Å². The molecule has 1 saturated heterocycles. The number of hydrogen-bond acceptors (Lipinski definition) is 6. The fraction of sp³-hybridized carbons (Fsp3) is 0.382. The van der Waals surface area contributed by atoms with Crippen molar-refractivity contribution in [2.75, 3.05) is 38.7 Å². The SMILES string of the molecule is CCN1CCC(COc2cc3ncnc(-c4ccc(NC(=O)CC5(c6ccc(F)cc6)CC5)cc4)c3cc2OC)CC1. The molecule has 0 radical (unpaired) electrons. The molecule has 0 atom stereocenters. The third-order valence-corrected chi connectivity index (χ3v) is 8.80. The second-order valence-corrected chi connectivity index (χ2v) is 11.5. The molecule has 0 unspecified atom stereocenters. The summed E-state index contributed by atoms with van der Waals surface area (Å²) in [5.74, 6) is 1.57. The van der Waals surface area contributed by atoms with Crippen molar-refractivity contribution in [1.82, 2.24) is 14.9 Å². The molecule has 3 aromatic carbocycles. The predicted octanol–water partition coefficient (Wildman–Crippen LogP) is 6.62. The van der Waals surface area contributed by atoms with Gasteiger partial charge in [-0.2, -0.15) is 0 Å². The molecule has 42 heavy (non-hydrogen) atoms. The van der Waals surface area contributed by atoms with Crippen LogP contribution in [0.5, 0.6) is 11.5 Å². The van der Waals surface area contributed by atoms with E-state index in [1.165, 1.54) is 12.1 Å². The molecule has 2 heterocycles. The van der Waals surface area contributed by atoms with Crippen molar-refractivity contribution in [3.8, 4) is 22.8 Å². The van der Waals surface area contributed by atoms with Crippen LogP contribution < -0.4 is 14.8 Å². The minimum absolute atomic E-state index is 0.0507. The van der Waals surface area contributed by atoms with E-state index >= 15 is 0 Å². The summed E-state index contributed by atoms with van der Waals surface area (Å²) in [6, 6.07) is 18.0. The molecule has 0 bridgehead atoms. The van der Waals surface area contributed by atoms with Crippen molar-refractivity contribution in [2.45, 2.75) is 44.4 Å². The van der Waals surface area contributed by atoms with Crippen molar-refractivity contribution in [1.29, 1.82) is 0 Å². The van der Waals surface area contributed by atoms with E-state index in [-0.39, 0.29) is 17.1 Å². The molecule has 6 rings (SSSR count). The number of fused-ring (bicyclic) bond motifs is 1. The molecule has 1 aromatic heterocycles. The molecule has 7 nitrogen and oxygen atoms in total. The van der Waals surface area contributed by atoms with E-state index in [9.17, 15) is 9.18 Å². The third kappa shape index (κ3) is 6.09. The van der Waals surface area contributed by atoms with E-state index in [1.54, 1.807) is 25.6 Å². The zero-order chi connectivity index (χ0) is 29.1. The fourth-order valence-corrected chi connectivity index (χ4v) is 5.99. The van der Waals surface area contributed by atoms with Crippen LogP contribution in [0.25, 0.3) is 22.2 Å². The molecule has 2 fully saturated rings. The number of halogens is 1. The lowest BCUT2D eigenvalue weighted by molar-refractivity contribution is -0.116. The van der Waals surface area contributed by atoms with Crippen LogP contribution in [0.3, 0.4) is 0 Å². The van der Waals surface area contributed by atoms with Gasteiger partial charge in [-0.15, -0.1) is 0 Å². The predicted molar refractivity (Wildman–Crippen MR) is 162 cm³/mol. The monoisotopic (exact) mass is 568 g/mol. The Morgan fingerprint density at radius 2 is 1.76 bits per heavy atom. The fourth-order valence-electron chi connectivity index (χ4n) is 5.99. The van der Waals surface area contributed by atoms with Gasteiger partial charge < -0.3 is 19.7 Å². The number of rotatable bonds is 10. The molecular weight excluding hydrogens is 531 g/mol. The zero-order valence-electron chi connectivity index (χ0n) is 24.2. The van der Waals surface area contributed by atoms with Crippen LogP contribution in [0.15, 0.2) is 67.0 Å². The molecule has 1 aliphatic carbocycles. The number of likely N-dealkylation sites (tertiary alicyclic amines) is 1. The maximum Gasteiger partial charge on any atom is 0.225 e. The number of aromatic nitrogens is 2. The largest absolute Gasteiger partial charge is 0.493 e. The van der Waals surface area contributed by atoms with E-state index in [4.69, 9.17) is 9.47 Å². The minimum atomic E-state index is -0.263. The smallest absolute Gasteiger partial charge is 0.225 e. The summed E-state index contributed by atoms with van der Waals surface area (Å²) in [6.07, 6.45) is 6.08. The Morgan fingerprint density at radius 1 is 1.02 bits per heavy atom. The Hall–Kier alpha value is -4.04. The second kappa shape index (κ2) is 12.1. The molecule has 1 N–H and O–H groups in total. The van der Waals surface area contributed by atoms with Crippen LogP contribution in [0, 0.1) is 11.7 Å². The van der Waals surface area contributed by atoms with E-state index in [0.29, 0.717) is 30.4 Å². The van der Waals surface area contributed by atoms with Gasteiger partial charge in [0, 0.05) is 34.5 Å². The van der Waals surface area contributed by atoms with Crippen molar-refractivity contribution in [2.24, 2.45) is 5.92 Å². The quantitative estimate of drug-likeness (QED) is 0.232. The standard InChI is InChI=1S/C34H37FN4O3/c1-3-39-16-12-23(13-17-39)21-42-31-19-29-28(18-30(31)41-2)33(37-22-36-29)24-4-10-27(11-5-24)38-32(40)20-34(14-15-34)25-6-8-26(35)9-7-25/h4-11,18-19,22-23H,3,12-17,20-21H2,1-2H3,(H,38,40). The molecule has 218 valence electrons. The second-order valence-electron chi connectivity index (χ2n) is 11.5. The number of anilines is 1. The Balaban J connectivity index is 1.14. The average Bonchev–Trinajstić information content (AvgIpc) is 3.80. The van der Waals surface area contributed by atoms with Gasteiger partial charge in [-0.3, -0.25) is 4.79 Å². The molecular formula is C34H37FN4O3. The van der Waals surface area contributed by atoms with Gasteiger partial charge in [-0.05, 0) is 87.1 Å². The summed E-state index contributed by atoms with van der Waals surface area (Å²) in [6.45, 7) is 6.21. The van der Waals surface area contributed by atoms with E-state index in [2.05, 4.69) is 27.1 Å². The van der Waals surface area contributed by atoms with E-state index in [0.717, 1.165) is 78.7 Å². The van der Waals surface area contributed by atoms with Gasteiger partial charge in [0.15, 0.2) is 11.5 Å². The lowest BCUT2D eigenvalue weighted by Crippen LogP contribution is -2.35. The van der Waals surface area contributed by atoms with Gasteiger partial charge in [-0.1, -0.05) is 31.2 Å². The number of nitrogens with zero attached hydrogens (tertiary/aromatic N) is 3. The normalized spacial score (nSPS) is 16.7. The number of ether oxygens (including phenoxy) is 2. The molecule has 2 aliphatic rings. The third-order valence-electron chi connectivity index (χ3n) is 8.80. The van der Waals surface area contributed by atoms with Crippen LogP contribution >= 0.6 is 0 Å². The first kappa shape index (κ1) is 28.1. The van der Waals surface area contributed by atoms with Gasteiger partial charge in [0.25, 0.3) is 0 Å². The number of nitrogens with one attached hydrogen (secondary N) is 1. The Kier molecular flexibility index (Phi) is 8.07. The Morgan fingerprint density at radius 3 is 2.43 bits per heavy atom. The number of amides is 1. The van der Waals surface area contributed by atoms with Crippen LogP contribution in [-0.2, 0) is 10.2 Å². The lowest BCUT2D eigenvalue weighted by Gasteiger charge is -2.30. The highest BCUT2D eigenvalue weighted by atomic mass is 19.1. The number of hydrogen-bond donors (Lipinski definition) is 1. The van der Waals surface area contributed by atoms with Crippen LogP contribution in [0.2, 0.25) is 0 Å². The summed E-state index contributed by atoms with van der Waals surface area (Å²) in [7, 11) is 1.65. The van der Waals surface area contributed by atoms with E-state index in [1.807, 2.05) is 36.4 Å². The highest BCUT2D eigenvalue weighted by Gasteiger charge is 2.45. The van der Waals surface area contributed by atoms with Crippen molar-refractivity contribution < 1.29 is 18.7 Å². The average molecular weight is 569 g/mol. The van der Waals surface area contributed by atoms with Crippen molar-refractivity contribution in [3.63, 3.8) is 0 Å². The van der Waals surface area contributed by atoms with Gasteiger partial charge >= 0.3 is 0 Å². The molecule has 1 aliphatic heterocycles. The number of piperidine rings is 1. The van der Waals surface area contributed by atoms with Gasteiger partial charge in [0.1, 0.15) is 12.1 Å². The molecule has 1 saturated carbocycles. The summed E-state index contributed by atoms with van der Waals surface area (Å²) >= 11 is 0. The Labute approximate surface area is 246 Å². The van der Waals surface area contributed by atoms with Crippen LogP contribution in [0.1, 0.15) is 44.6 Å². The highest BCUT2D eigenvalue weighted by molar-refractivity contribution is 5.95. The van der Waals surface area contributed by atoms with Gasteiger partial charge in [0.2, 0.25) is 5.91 Å². The maximum atomic E-state index is 13.4. The first-order valence-electron chi connectivity index (χ1n) is 14.8. The Bertz CT molecular complexity index is 1550. The number of carbonyl (C=O) groups is 1. The number of carbonyl (C=O) groups excluding carboxylic acids is 1. The van der Waals surface area contributed by atoms with Gasteiger partial charge in [0.05, 0.1) is 24.9 Å². The van der Waals surface area contributed by atoms with Crippen molar-refractivity contribution in [3.05, 3.63) is 78.4 Å². The van der Waals surface area contributed by atoms with Gasteiger partial charge in [-0.25, -0.2) is 14.4 Å². The summed E-state index contributed by atoms with van der Waals surface area (Å²) in [4.78, 5) is 24.5. The molecule has 8 heteroatoms. The molecule has 4 aromatic rings. The summed E-state index contributed by atoms with van der Waals surface area (Å²) < 4.78 is 25.3. The maximum absolute atomic E-state index is 13.4. The van der Waals surface area contributed by atoms with Crippen molar-refractivity contribution >= 4 is 22.5 Å².